The largest absolute Gasteiger partial charge is 0.472 e. The summed E-state index contributed by atoms with van der Waals surface area (Å²) in [6, 6.07) is 0. The molecule has 0 radical (unpaired) electrons. The van der Waals surface area contributed by atoms with E-state index in [2.05, 4.69) is 79.1 Å². The van der Waals surface area contributed by atoms with E-state index in [1.54, 1.807) is 0 Å². The van der Waals surface area contributed by atoms with Crippen molar-refractivity contribution in [2.75, 3.05) is 20.3 Å². The molecule has 1 N–H and O–H groups in total. The first-order valence-corrected chi connectivity index (χ1v) is 27.0. The third kappa shape index (κ3) is 47.2. The van der Waals surface area contributed by atoms with Crippen LogP contribution in [0.4, 0.5) is 0 Å². The minimum Gasteiger partial charge on any atom is -0.462 e. The Bertz CT molecular complexity index is 1190. The fourth-order valence-electron chi connectivity index (χ4n) is 7.16. The first kappa shape index (κ1) is 59.8. The number of rotatable bonds is 47. The van der Waals surface area contributed by atoms with Gasteiger partial charge in [0.15, 0.2) is 6.10 Å². The monoisotopic (exact) mass is 891 g/mol. The van der Waals surface area contributed by atoms with Gasteiger partial charge in [-0.15, -0.1) is 0 Å². The summed E-state index contributed by atoms with van der Waals surface area (Å²) in [7, 11) is -3.22. The van der Waals surface area contributed by atoms with Crippen molar-refractivity contribution in [2.45, 2.75) is 245 Å². The minimum absolute atomic E-state index is 0.205. The van der Waals surface area contributed by atoms with Crippen LogP contribution in [0.3, 0.4) is 0 Å². The van der Waals surface area contributed by atoms with Crippen LogP contribution in [0.25, 0.3) is 0 Å². The lowest BCUT2D eigenvalue weighted by Crippen LogP contribution is -2.29. The summed E-state index contributed by atoms with van der Waals surface area (Å²) in [5.74, 6) is -0.835. The van der Waals surface area contributed by atoms with E-state index in [1.807, 2.05) is 0 Å². The highest BCUT2D eigenvalue weighted by Crippen LogP contribution is 2.42. The maximum Gasteiger partial charge on any atom is 0.472 e. The fourth-order valence-corrected chi connectivity index (χ4v) is 7.62. The van der Waals surface area contributed by atoms with E-state index in [0.717, 1.165) is 77.7 Å². The summed E-state index contributed by atoms with van der Waals surface area (Å²) in [5, 5.41) is 0. The molecule has 8 nitrogen and oxygen atoms in total. The molecule has 0 aliphatic carbocycles. The van der Waals surface area contributed by atoms with Crippen LogP contribution >= 0.6 is 7.82 Å². The Morgan fingerprint density at radius 2 is 0.823 bits per heavy atom. The zero-order valence-electron chi connectivity index (χ0n) is 40.3. The van der Waals surface area contributed by atoms with Gasteiger partial charge in [-0.3, -0.25) is 18.6 Å². The van der Waals surface area contributed by atoms with E-state index in [4.69, 9.17) is 14.0 Å². The molecule has 0 rings (SSSR count). The van der Waals surface area contributed by atoms with Crippen LogP contribution in [0, 0.1) is 0 Å². The van der Waals surface area contributed by atoms with Gasteiger partial charge in [0.2, 0.25) is 0 Å². The third-order valence-corrected chi connectivity index (χ3v) is 12.0. The maximum absolute atomic E-state index is 12.6. The molecular weight excluding hydrogens is 796 g/mol. The van der Waals surface area contributed by atoms with Gasteiger partial charge in [-0.05, 0) is 57.8 Å². The molecule has 0 fully saturated rings. The van der Waals surface area contributed by atoms with E-state index in [9.17, 15) is 19.0 Å². The number of esters is 2. The molecule has 0 aliphatic rings. The number of phosphoric acid groups is 1. The van der Waals surface area contributed by atoms with Gasteiger partial charge in [-0.2, -0.15) is 0 Å². The van der Waals surface area contributed by atoms with Crippen molar-refractivity contribution in [3.05, 3.63) is 60.8 Å². The van der Waals surface area contributed by atoms with Gasteiger partial charge in [-0.25, -0.2) is 4.57 Å². The highest BCUT2D eigenvalue weighted by molar-refractivity contribution is 7.47. The number of phosphoric ester groups is 1. The molecule has 0 heterocycles. The van der Waals surface area contributed by atoms with Gasteiger partial charge in [0.05, 0.1) is 6.61 Å². The molecule has 0 saturated heterocycles. The lowest BCUT2D eigenvalue weighted by Gasteiger charge is -2.19. The Hall–Kier alpha value is -2.25. The highest BCUT2D eigenvalue weighted by atomic mass is 31.2. The van der Waals surface area contributed by atoms with Crippen LogP contribution in [-0.2, 0) is 32.7 Å². The molecule has 2 unspecified atom stereocenters. The van der Waals surface area contributed by atoms with Crippen LogP contribution in [0.5, 0.6) is 0 Å². The average molecular weight is 891 g/mol. The minimum atomic E-state index is -4.28. The number of unbranched alkanes of at least 4 members (excludes halogenated alkanes) is 26. The van der Waals surface area contributed by atoms with Crippen molar-refractivity contribution in [1.82, 2.24) is 0 Å². The normalized spacial score (nSPS) is 13.7. The third-order valence-electron chi connectivity index (χ3n) is 11.0. The first-order chi connectivity index (χ1) is 30.3. The molecule has 0 bridgehead atoms. The predicted octanol–water partition coefficient (Wildman–Crippen LogP) is 16.7. The van der Waals surface area contributed by atoms with Crippen molar-refractivity contribution in [1.29, 1.82) is 0 Å². The van der Waals surface area contributed by atoms with Gasteiger partial charge in [-0.1, -0.05) is 229 Å². The van der Waals surface area contributed by atoms with Gasteiger partial charge in [0.1, 0.15) is 6.61 Å². The van der Waals surface area contributed by atoms with E-state index >= 15 is 0 Å². The van der Waals surface area contributed by atoms with E-state index in [0.29, 0.717) is 6.42 Å². The van der Waals surface area contributed by atoms with Gasteiger partial charge in [0.25, 0.3) is 0 Å². The van der Waals surface area contributed by atoms with E-state index in [-0.39, 0.29) is 25.4 Å². The molecule has 0 aliphatic heterocycles. The Morgan fingerprint density at radius 1 is 0.468 bits per heavy atom. The number of carbonyl (C=O) groups excluding carboxylic acids is 2. The lowest BCUT2D eigenvalue weighted by molar-refractivity contribution is -0.161. The van der Waals surface area contributed by atoms with Crippen LogP contribution in [0.1, 0.15) is 239 Å². The first-order valence-electron chi connectivity index (χ1n) is 25.5. The van der Waals surface area contributed by atoms with Crippen LogP contribution in [-0.4, -0.2) is 43.3 Å². The highest BCUT2D eigenvalue weighted by Gasteiger charge is 2.24. The Labute approximate surface area is 381 Å². The van der Waals surface area contributed by atoms with Crippen molar-refractivity contribution < 1.29 is 37.6 Å². The molecule has 0 saturated carbocycles. The zero-order chi connectivity index (χ0) is 45.3. The number of allylic oxidation sites excluding steroid dienone is 10. The molecule has 62 heavy (non-hydrogen) atoms. The summed E-state index contributed by atoms with van der Waals surface area (Å²) in [6.07, 6.45) is 61.5. The summed E-state index contributed by atoms with van der Waals surface area (Å²) in [6.45, 7) is 3.78. The van der Waals surface area contributed by atoms with Crippen LogP contribution in [0.15, 0.2) is 60.8 Å². The fraction of sp³-hybridized carbons (Fsp3) is 0.774. The summed E-state index contributed by atoms with van der Waals surface area (Å²) >= 11 is 0. The Balaban J connectivity index is 3.92. The maximum atomic E-state index is 12.6. The standard InChI is InChI=1S/C53H95O8P/c1-4-6-8-10-12-14-16-18-20-22-24-25-26-27-28-30-31-33-35-37-39-41-43-45-47-52(54)59-49-51(50-60-62(56,57)58-3)61-53(55)48-46-44-42-40-38-36-34-32-29-23-21-19-17-15-13-11-9-7-5-2/h7,9,13,15,19,21,29,32,36,38,51H,4-6,8,10-12,14,16-18,20,22-28,30-31,33-35,37,39-50H2,1-3H3,(H,56,57)/b9-7-,15-13-,21-19-,32-29-,38-36-. The van der Waals surface area contributed by atoms with Gasteiger partial charge >= 0.3 is 19.8 Å². The number of ether oxygens (including phenoxy) is 2. The molecule has 0 spiro atoms. The molecule has 2 atom stereocenters. The summed E-state index contributed by atoms with van der Waals surface area (Å²) < 4.78 is 32.1. The smallest absolute Gasteiger partial charge is 0.462 e. The second-order valence-electron chi connectivity index (χ2n) is 16.9. The van der Waals surface area contributed by atoms with Crippen molar-refractivity contribution >= 4 is 19.8 Å². The second kappa shape index (κ2) is 48.2. The summed E-state index contributed by atoms with van der Waals surface area (Å²) in [4.78, 5) is 34.6. The predicted molar refractivity (Wildman–Crippen MR) is 262 cm³/mol. The van der Waals surface area contributed by atoms with Crippen molar-refractivity contribution in [3.8, 4) is 0 Å². The molecule has 360 valence electrons. The molecular formula is C53H95O8P. The van der Waals surface area contributed by atoms with Crippen LogP contribution < -0.4 is 0 Å². The lowest BCUT2D eigenvalue weighted by atomic mass is 10.0. The van der Waals surface area contributed by atoms with Gasteiger partial charge < -0.3 is 14.4 Å². The summed E-state index contributed by atoms with van der Waals surface area (Å²) in [5.41, 5.74) is 0. The van der Waals surface area contributed by atoms with E-state index < -0.39 is 26.5 Å². The average Bonchev–Trinajstić information content (AvgIpc) is 3.26. The zero-order valence-corrected chi connectivity index (χ0v) is 41.2. The topological polar surface area (TPSA) is 108 Å². The van der Waals surface area contributed by atoms with Crippen molar-refractivity contribution in [2.24, 2.45) is 0 Å². The van der Waals surface area contributed by atoms with Crippen LogP contribution in [0.2, 0.25) is 0 Å². The molecule has 9 heteroatoms. The molecule has 0 aromatic rings. The van der Waals surface area contributed by atoms with Crippen molar-refractivity contribution in [3.63, 3.8) is 0 Å². The quantitative estimate of drug-likeness (QED) is 0.0279. The molecule has 0 aromatic heterocycles. The Kier molecular flexibility index (Phi) is 46.5. The van der Waals surface area contributed by atoms with Gasteiger partial charge in [0, 0.05) is 20.0 Å². The number of carbonyl (C=O) groups is 2. The molecule has 0 amide bonds. The SMILES string of the molecule is CC/C=C\C/C=C\C/C=C\C/C=C\C/C=C\CCCCCC(=O)OC(COC(=O)CCCCCCCCCCCCCCCCCCCCCCCCCC)COP(=O)(O)OC. The number of hydrogen-bond acceptors (Lipinski definition) is 7. The molecule has 0 aromatic carbocycles. The Morgan fingerprint density at radius 3 is 1.23 bits per heavy atom. The van der Waals surface area contributed by atoms with E-state index in [1.165, 1.54) is 135 Å². The number of hydrogen-bond donors (Lipinski definition) is 1. The second-order valence-corrected chi connectivity index (χ2v) is 18.5.